The van der Waals surface area contributed by atoms with Gasteiger partial charge >= 0.3 is 20.1 Å². The average Bonchev–Trinajstić information content (AvgIpc) is 3.42. The van der Waals surface area contributed by atoms with Crippen molar-refractivity contribution in [3.8, 4) is 79.3 Å². The molecule has 71 heavy (non-hydrogen) atoms. The van der Waals surface area contributed by atoms with E-state index in [0.717, 1.165) is 76.0 Å². The number of benzene rings is 6. The fourth-order valence-corrected chi connectivity index (χ4v) is 9.04. The molecule has 6 heteroatoms. The number of aryl methyl sites for hydroxylation is 4. The summed E-state index contributed by atoms with van der Waals surface area (Å²) in [5.41, 5.74) is 15.5. The van der Waals surface area contributed by atoms with Crippen molar-refractivity contribution in [2.24, 2.45) is 5.41 Å². The maximum Gasteiger partial charge on any atom is 3.00 e. The summed E-state index contributed by atoms with van der Waals surface area (Å²) in [5, 5.41) is 21.1. The van der Waals surface area contributed by atoms with Gasteiger partial charge in [-0.05, 0) is 111 Å². The molecule has 0 spiro atoms. The van der Waals surface area contributed by atoms with Crippen LogP contribution in [0.1, 0.15) is 89.1 Å². The van der Waals surface area contributed by atoms with E-state index in [9.17, 15) is 10.5 Å². The van der Waals surface area contributed by atoms with Crippen LogP contribution in [0.5, 0.6) is 0 Å². The van der Waals surface area contributed by atoms with Gasteiger partial charge in [-0.3, -0.25) is 0 Å². The molecule has 6 aromatic carbocycles. The average molecular weight is 1100 g/mol. The van der Waals surface area contributed by atoms with E-state index in [1.807, 2.05) is 81.4 Å². The van der Waals surface area contributed by atoms with Gasteiger partial charge in [0.05, 0.1) is 23.3 Å². The molecule has 9 rings (SSSR count). The van der Waals surface area contributed by atoms with Gasteiger partial charge in [0.15, 0.2) is 0 Å². The summed E-state index contributed by atoms with van der Waals surface area (Å²) in [6, 6.07) is 65.6. The first-order chi connectivity index (χ1) is 35.1. The molecule has 0 aliphatic heterocycles. The third-order valence-corrected chi connectivity index (χ3v) is 12.3. The van der Waals surface area contributed by atoms with Crippen molar-refractivity contribution in [3.63, 3.8) is 0 Å². The number of aromatic nitrogens is 3. The van der Waals surface area contributed by atoms with Gasteiger partial charge in [0.1, 0.15) is 0 Å². The minimum atomic E-state index is -1.66. The predicted molar refractivity (Wildman–Crippen MR) is 283 cm³/mol. The summed E-state index contributed by atoms with van der Waals surface area (Å²) < 4.78 is 27.0. The molecule has 0 amide bonds. The minimum Gasteiger partial charge on any atom is -0.305 e. The van der Waals surface area contributed by atoms with E-state index in [2.05, 4.69) is 107 Å². The normalized spacial score (nSPS) is 12.1. The molecule has 9 aromatic rings. The van der Waals surface area contributed by atoms with Gasteiger partial charge < -0.3 is 15.0 Å². The van der Waals surface area contributed by atoms with E-state index in [1.165, 1.54) is 22.3 Å². The van der Waals surface area contributed by atoms with E-state index in [-0.39, 0.29) is 31.2 Å². The second-order valence-electron chi connectivity index (χ2n) is 18.9. The zero-order chi connectivity index (χ0) is 51.3. The molecule has 0 N–H and O–H groups in total. The molecule has 0 aliphatic carbocycles. The molecule has 3 heterocycles. The molecule has 0 aliphatic rings. The Morgan fingerprint density at radius 2 is 1.03 bits per heavy atom. The molecule has 0 atom stereocenters. The predicted octanol–water partition coefficient (Wildman–Crippen LogP) is 15.3. The maximum absolute atomic E-state index is 10.6. The van der Waals surface area contributed by atoms with Crippen LogP contribution in [0.3, 0.4) is 0 Å². The number of nitriles is 2. The van der Waals surface area contributed by atoms with Crippen LogP contribution >= 0.6 is 0 Å². The van der Waals surface area contributed by atoms with Crippen LogP contribution in [0.25, 0.3) is 67.2 Å². The molecule has 0 fully saturated rings. The maximum atomic E-state index is 10.6. The summed E-state index contributed by atoms with van der Waals surface area (Å²) in [7, 11) is 0. The van der Waals surface area contributed by atoms with Crippen molar-refractivity contribution in [2.45, 2.75) is 72.6 Å². The number of hydrogen-bond acceptors (Lipinski definition) is 5. The minimum absolute atomic E-state index is 0. The number of pyridine rings is 3. The largest absolute Gasteiger partial charge is 3.00 e. The first-order valence-corrected chi connectivity index (χ1v) is 23.7. The number of hydrogen-bond donors (Lipinski definition) is 0. The molecule has 3 aromatic heterocycles. The quantitative estimate of drug-likeness (QED) is 0.101. The van der Waals surface area contributed by atoms with Crippen LogP contribution in [0.4, 0.5) is 0 Å². The molecule has 348 valence electrons. The molecule has 0 saturated heterocycles. The van der Waals surface area contributed by atoms with Crippen molar-refractivity contribution >= 4 is 0 Å². The molecule has 0 saturated carbocycles. The van der Waals surface area contributed by atoms with Crippen molar-refractivity contribution < 1.29 is 24.2 Å². The van der Waals surface area contributed by atoms with E-state index in [0.29, 0.717) is 27.9 Å². The zero-order valence-corrected chi connectivity index (χ0v) is 43.0. The van der Waals surface area contributed by atoms with Crippen molar-refractivity contribution in [1.29, 1.82) is 10.5 Å². The van der Waals surface area contributed by atoms with Gasteiger partial charge in [0.2, 0.25) is 0 Å². The van der Waals surface area contributed by atoms with Crippen LogP contribution in [-0.4, -0.2) is 15.0 Å². The Morgan fingerprint density at radius 1 is 0.507 bits per heavy atom. The molecular weight excluding hydrogens is 1040 g/mol. The molecule has 5 nitrogen and oxygen atoms in total. The second kappa shape index (κ2) is 22.4. The Morgan fingerprint density at radius 3 is 1.54 bits per heavy atom. The van der Waals surface area contributed by atoms with Crippen LogP contribution in [0.2, 0.25) is 0 Å². The van der Waals surface area contributed by atoms with E-state index >= 15 is 0 Å². The summed E-state index contributed by atoms with van der Waals surface area (Å²) in [4.78, 5) is 13.7. The van der Waals surface area contributed by atoms with Gasteiger partial charge in [-0.1, -0.05) is 143 Å². The number of rotatable bonds is 14. The fraction of sp³-hybridized carbons (Fsp3) is 0.185. The van der Waals surface area contributed by atoms with E-state index in [1.54, 1.807) is 56.7 Å². The smallest absolute Gasteiger partial charge is 0.305 e. The monoisotopic (exact) mass is 1100 g/mol. The SMILES string of the molecule is [2H]C(C)(C)c1c(C#N)cc(-c2cc(-c3cc(C([2H])([2H])C(C)(C)C)ccn3)[c-]cc2-c2ccccc2-c2cc(CCc3c[c-]c(-c4ccccn4)cc3)cc(CCc3c[c-]c(-c4ccccn4)cc3)c2)cc1C#N.[Ir+3]. The summed E-state index contributed by atoms with van der Waals surface area (Å²) >= 11 is 0. The van der Waals surface area contributed by atoms with E-state index in [4.69, 9.17) is 9.10 Å². The van der Waals surface area contributed by atoms with Gasteiger partial charge in [0, 0.05) is 22.7 Å². The zero-order valence-electron chi connectivity index (χ0n) is 43.6. The van der Waals surface area contributed by atoms with Gasteiger partial charge in [-0.25, -0.2) is 0 Å². The molecule has 0 unspecified atom stereocenters. The summed E-state index contributed by atoms with van der Waals surface area (Å²) in [5.74, 6) is -1.21. The number of nitrogens with zero attached hydrogens (tertiary/aromatic N) is 5. The van der Waals surface area contributed by atoms with Gasteiger partial charge in [-0.15, -0.1) is 94.5 Å². The molecule has 0 radical (unpaired) electrons. The third-order valence-electron chi connectivity index (χ3n) is 12.3. The van der Waals surface area contributed by atoms with E-state index < -0.39 is 17.7 Å². The molecular formula is C65H54IrN5. The standard InChI is InChI=1S/C65H54N5.Ir/c1-44(2)64-55(42-66)38-54(39-56(64)43-67)60-40-52(63-37-49(30-33-70-63)41-65(3,4)5)28-29-59(60)58-13-7-6-12-57(58)53-35-47(18-16-45-20-24-50(25-21-45)61-14-8-10-31-68-61)34-48(36-53)19-17-46-22-26-51(27-23-46)62-15-9-11-32-69-62;/h6-15,20-24,26,29-40,44H,16-19,41H2,1-5H3;/q-3;+3/i41D2,44D;. The van der Waals surface area contributed by atoms with Crippen molar-refractivity contribution in [3.05, 3.63) is 233 Å². The Hall–Kier alpha value is -7.60. The molecule has 0 bridgehead atoms. The first kappa shape index (κ1) is 45.8. The second-order valence-corrected chi connectivity index (χ2v) is 18.9. The Bertz CT molecular complexity index is 3370. The first-order valence-electron chi connectivity index (χ1n) is 25.2. The van der Waals surface area contributed by atoms with Crippen molar-refractivity contribution in [1.82, 2.24) is 15.0 Å². The van der Waals surface area contributed by atoms with Crippen molar-refractivity contribution in [2.75, 3.05) is 0 Å². The third kappa shape index (κ3) is 12.1. The van der Waals surface area contributed by atoms with Crippen LogP contribution in [-0.2, 0) is 52.2 Å². The van der Waals surface area contributed by atoms with Crippen LogP contribution in [0.15, 0.2) is 170 Å². The fourth-order valence-electron chi connectivity index (χ4n) is 9.04. The topological polar surface area (TPSA) is 86.2 Å². The Kier molecular flexibility index (Phi) is 14.5. The Labute approximate surface area is 437 Å². The van der Waals surface area contributed by atoms with Crippen LogP contribution in [0, 0.1) is 46.3 Å². The summed E-state index contributed by atoms with van der Waals surface area (Å²) in [6.45, 7) is 9.02. The van der Waals surface area contributed by atoms with Crippen LogP contribution < -0.4 is 0 Å². The summed E-state index contributed by atoms with van der Waals surface area (Å²) in [6.07, 6.45) is 6.79. The Balaban J connectivity index is 0.00000729. The van der Waals surface area contributed by atoms with Gasteiger partial charge in [-0.2, -0.15) is 10.5 Å². The van der Waals surface area contributed by atoms with Gasteiger partial charge in [0.25, 0.3) is 0 Å².